The largest absolute Gasteiger partial charge is 0.325 e. The number of thioether (sulfide) groups is 1. The van der Waals surface area contributed by atoms with E-state index in [0.717, 1.165) is 31.4 Å². The molecule has 0 aliphatic carbocycles. The van der Waals surface area contributed by atoms with Crippen molar-refractivity contribution < 1.29 is 4.79 Å². The molecule has 4 aromatic rings. The molecular formula is C22H17Br2N5OS. The van der Waals surface area contributed by atoms with Gasteiger partial charge in [-0.25, -0.2) is 0 Å². The molecule has 1 amide bonds. The number of aryl methyl sites for hydroxylation is 1. The molecule has 0 fully saturated rings. The average Bonchev–Trinajstić information content (AvgIpc) is 3.19. The minimum atomic E-state index is -0.108. The van der Waals surface area contributed by atoms with E-state index in [-0.39, 0.29) is 11.7 Å². The predicted molar refractivity (Wildman–Crippen MR) is 131 cm³/mol. The van der Waals surface area contributed by atoms with Crippen LogP contribution in [-0.4, -0.2) is 31.4 Å². The summed E-state index contributed by atoms with van der Waals surface area (Å²) < 4.78 is 3.89. The van der Waals surface area contributed by atoms with Crippen molar-refractivity contribution in [3.8, 4) is 17.1 Å². The van der Waals surface area contributed by atoms with E-state index in [9.17, 15) is 4.79 Å². The van der Waals surface area contributed by atoms with E-state index < -0.39 is 0 Å². The molecule has 0 bridgehead atoms. The molecule has 2 aromatic carbocycles. The van der Waals surface area contributed by atoms with Crippen molar-refractivity contribution in [3.05, 3.63) is 81.5 Å². The molecule has 2 aromatic heterocycles. The molecule has 0 radical (unpaired) electrons. The van der Waals surface area contributed by atoms with Crippen LogP contribution in [0, 0.1) is 6.92 Å². The van der Waals surface area contributed by atoms with Gasteiger partial charge in [0.25, 0.3) is 0 Å². The van der Waals surface area contributed by atoms with Crippen LogP contribution in [0.25, 0.3) is 17.1 Å². The molecule has 0 saturated heterocycles. The predicted octanol–water partition coefficient (Wildman–Crippen LogP) is 5.89. The molecule has 0 aliphatic heterocycles. The lowest BCUT2D eigenvalue weighted by Crippen LogP contribution is -2.15. The number of carbonyl (C=O) groups is 1. The van der Waals surface area contributed by atoms with E-state index in [4.69, 9.17) is 0 Å². The van der Waals surface area contributed by atoms with Crippen LogP contribution in [0.2, 0.25) is 0 Å². The number of halogens is 2. The number of carbonyl (C=O) groups excluding carboxylic acids is 1. The zero-order valence-corrected chi connectivity index (χ0v) is 20.4. The second-order valence-electron chi connectivity index (χ2n) is 6.66. The Morgan fingerprint density at radius 1 is 1.06 bits per heavy atom. The van der Waals surface area contributed by atoms with Crippen molar-refractivity contribution in [2.45, 2.75) is 12.1 Å². The number of hydrogen-bond acceptors (Lipinski definition) is 5. The fourth-order valence-corrected chi connectivity index (χ4v) is 4.44. The first-order valence-corrected chi connectivity index (χ1v) is 11.9. The summed E-state index contributed by atoms with van der Waals surface area (Å²) in [5.74, 6) is 0.766. The third-order valence-corrected chi connectivity index (χ3v) is 6.38. The van der Waals surface area contributed by atoms with Gasteiger partial charge in [-0.2, -0.15) is 0 Å². The van der Waals surface area contributed by atoms with Crippen molar-refractivity contribution in [3.63, 3.8) is 0 Å². The lowest BCUT2D eigenvalue weighted by molar-refractivity contribution is -0.113. The van der Waals surface area contributed by atoms with Gasteiger partial charge in [0.1, 0.15) is 0 Å². The number of rotatable bonds is 6. The smallest absolute Gasteiger partial charge is 0.234 e. The number of benzene rings is 2. The SMILES string of the molecule is Cc1cc(Br)ccc1NC(=O)CSc1nnc(-c2cccnc2)n1-c1ccc(Br)cc1. The lowest BCUT2D eigenvalue weighted by Gasteiger charge is -2.11. The van der Waals surface area contributed by atoms with Gasteiger partial charge in [-0.3, -0.25) is 14.3 Å². The zero-order chi connectivity index (χ0) is 21.8. The lowest BCUT2D eigenvalue weighted by atomic mass is 10.2. The monoisotopic (exact) mass is 557 g/mol. The van der Waals surface area contributed by atoms with Gasteiger partial charge in [-0.1, -0.05) is 43.6 Å². The molecule has 2 heterocycles. The summed E-state index contributed by atoms with van der Waals surface area (Å²) in [7, 11) is 0. The van der Waals surface area contributed by atoms with E-state index in [1.165, 1.54) is 11.8 Å². The fourth-order valence-electron chi connectivity index (χ4n) is 2.95. The van der Waals surface area contributed by atoms with Crippen LogP contribution in [0.3, 0.4) is 0 Å². The summed E-state index contributed by atoms with van der Waals surface area (Å²) in [6.07, 6.45) is 3.46. The van der Waals surface area contributed by atoms with Crippen LogP contribution in [0.4, 0.5) is 5.69 Å². The molecule has 156 valence electrons. The molecule has 4 rings (SSSR count). The van der Waals surface area contributed by atoms with Crippen LogP contribution in [0.5, 0.6) is 0 Å². The number of nitrogens with zero attached hydrogens (tertiary/aromatic N) is 4. The Morgan fingerprint density at radius 2 is 1.84 bits per heavy atom. The Morgan fingerprint density at radius 3 is 2.55 bits per heavy atom. The summed E-state index contributed by atoms with van der Waals surface area (Å²) in [4.78, 5) is 16.8. The quantitative estimate of drug-likeness (QED) is 0.298. The summed E-state index contributed by atoms with van der Waals surface area (Å²) in [6, 6.07) is 17.4. The Hall–Kier alpha value is -2.49. The first-order chi connectivity index (χ1) is 15.0. The molecule has 31 heavy (non-hydrogen) atoms. The van der Waals surface area contributed by atoms with Crippen molar-refractivity contribution in [2.24, 2.45) is 0 Å². The Labute approximate surface area is 200 Å². The highest BCUT2D eigenvalue weighted by Crippen LogP contribution is 2.28. The van der Waals surface area contributed by atoms with Crippen molar-refractivity contribution in [2.75, 3.05) is 11.1 Å². The van der Waals surface area contributed by atoms with E-state index >= 15 is 0 Å². The third kappa shape index (κ3) is 5.23. The molecule has 9 heteroatoms. The Kier molecular flexibility index (Phi) is 6.84. The number of anilines is 1. The zero-order valence-electron chi connectivity index (χ0n) is 16.4. The summed E-state index contributed by atoms with van der Waals surface area (Å²) in [5, 5.41) is 12.3. The maximum Gasteiger partial charge on any atom is 0.234 e. The standard InChI is InChI=1S/C22H17Br2N5OS/c1-14-11-17(24)6-9-19(14)26-20(30)13-31-22-28-27-21(15-3-2-10-25-12-15)29(22)18-7-4-16(23)5-8-18/h2-12H,13H2,1H3,(H,26,30). The van der Waals surface area contributed by atoms with Gasteiger partial charge in [-0.15, -0.1) is 10.2 Å². The molecule has 0 unspecified atom stereocenters. The normalized spacial score (nSPS) is 10.8. The summed E-state index contributed by atoms with van der Waals surface area (Å²) >= 11 is 8.24. The van der Waals surface area contributed by atoms with Crippen LogP contribution >= 0.6 is 43.6 Å². The Bertz CT molecular complexity index is 1210. The number of pyridine rings is 1. The van der Waals surface area contributed by atoms with Crippen LogP contribution in [0.1, 0.15) is 5.56 Å². The third-order valence-electron chi connectivity index (χ3n) is 4.43. The maximum atomic E-state index is 12.6. The van der Waals surface area contributed by atoms with E-state index in [1.807, 2.05) is 66.1 Å². The first kappa shape index (κ1) is 21.7. The Balaban J connectivity index is 1.58. The van der Waals surface area contributed by atoms with Crippen LogP contribution < -0.4 is 5.32 Å². The van der Waals surface area contributed by atoms with Gasteiger partial charge in [0.05, 0.1) is 5.75 Å². The van der Waals surface area contributed by atoms with Gasteiger partial charge in [0.15, 0.2) is 11.0 Å². The second-order valence-corrected chi connectivity index (χ2v) is 9.43. The number of hydrogen-bond donors (Lipinski definition) is 1. The van der Waals surface area contributed by atoms with Gasteiger partial charge in [0.2, 0.25) is 5.91 Å². The van der Waals surface area contributed by atoms with Gasteiger partial charge in [-0.05, 0) is 67.1 Å². The highest BCUT2D eigenvalue weighted by Gasteiger charge is 2.17. The van der Waals surface area contributed by atoms with E-state index in [1.54, 1.807) is 12.4 Å². The summed E-state index contributed by atoms with van der Waals surface area (Å²) in [6.45, 7) is 1.96. The molecule has 0 aliphatic rings. The molecule has 6 nitrogen and oxygen atoms in total. The van der Waals surface area contributed by atoms with Crippen LogP contribution in [-0.2, 0) is 4.79 Å². The minimum absolute atomic E-state index is 0.108. The van der Waals surface area contributed by atoms with Crippen LogP contribution in [0.15, 0.2) is 81.1 Å². The molecule has 0 spiro atoms. The maximum absolute atomic E-state index is 12.6. The molecule has 0 atom stereocenters. The highest BCUT2D eigenvalue weighted by molar-refractivity contribution is 9.10. The molecule has 0 saturated carbocycles. The van der Waals surface area contributed by atoms with Crippen molar-refractivity contribution in [1.82, 2.24) is 19.7 Å². The topological polar surface area (TPSA) is 72.7 Å². The second kappa shape index (κ2) is 9.76. The molecular weight excluding hydrogens is 542 g/mol. The minimum Gasteiger partial charge on any atom is -0.325 e. The molecule has 1 N–H and O–H groups in total. The van der Waals surface area contributed by atoms with Gasteiger partial charge < -0.3 is 5.32 Å². The van der Waals surface area contributed by atoms with E-state index in [2.05, 4.69) is 52.4 Å². The van der Waals surface area contributed by atoms with E-state index in [0.29, 0.717) is 11.0 Å². The number of amides is 1. The number of nitrogens with one attached hydrogen (secondary N) is 1. The van der Waals surface area contributed by atoms with Gasteiger partial charge >= 0.3 is 0 Å². The van der Waals surface area contributed by atoms with Crippen molar-refractivity contribution in [1.29, 1.82) is 0 Å². The number of aromatic nitrogens is 4. The van der Waals surface area contributed by atoms with Crippen molar-refractivity contribution >= 4 is 55.2 Å². The fraction of sp³-hybridized carbons (Fsp3) is 0.0909. The highest BCUT2D eigenvalue weighted by atomic mass is 79.9. The average molecular weight is 559 g/mol. The van der Waals surface area contributed by atoms with Gasteiger partial charge in [0, 0.05) is 38.3 Å². The first-order valence-electron chi connectivity index (χ1n) is 9.32. The summed E-state index contributed by atoms with van der Waals surface area (Å²) in [5.41, 5.74) is 3.53.